The number of carbonyl (C=O) groups is 1. The van der Waals surface area contributed by atoms with Crippen LogP contribution in [0.4, 0.5) is 0 Å². The van der Waals surface area contributed by atoms with Gasteiger partial charge in [-0.3, -0.25) is 10.2 Å². The van der Waals surface area contributed by atoms with Crippen molar-refractivity contribution in [3.8, 4) is 23.0 Å². The number of para-hydroxylation sites is 2. The summed E-state index contributed by atoms with van der Waals surface area (Å²) in [4.78, 5) is 22.0. The van der Waals surface area contributed by atoms with Crippen LogP contribution in [0.15, 0.2) is 64.9 Å². The van der Waals surface area contributed by atoms with Gasteiger partial charge in [-0.15, -0.1) is 5.06 Å². The molecule has 0 bridgehead atoms. The molecule has 0 aromatic heterocycles. The number of methoxy groups -OCH3 is 1. The molecular formula is C26H27N3O6. The number of nitrogens with zero attached hydrogens (tertiary/aromatic N) is 2. The van der Waals surface area contributed by atoms with Crippen molar-refractivity contribution in [3.05, 3.63) is 65.4 Å². The summed E-state index contributed by atoms with van der Waals surface area (Å²) in [5.74, 6) is 2.81. The van der Waals surface area contributed by atoms with E-state index in [4.69, 9.17) is 29.2 Å². The van der Waals surface area contributed by atoms with Gasteiger partial charge >= 0.3 is 0 Å². The summed E-state index contributed by atoms with van der Waals surface area (Å²) < 4.78 is 22.7. The van der Waals surface area contributed by atoms with Gasteiger partial charge in [-0.2, -0.15) is 4.99 Å². The van der Waals surface area contributed by atoms with Gasteiger partial charge in [0.15, 0.2) is 34.7 Å². The summed E-state index contributed by atoms with van der Waals surface area (Å²) in [6.45, 7) is 4.96. The molecule has 0 atom stereocenters. The molecule has 0 fully saturated rings. The minimum absolute atomic E-state index is 0.0681. The average molecular weight is 478 g/mol. The van der Waals surface area contributed by atoms with Crippen molar-refractivity contribution >= 4 is 23.7 Å². The number of amidine groups is 2. The second kappa shape index (κ2) is 10.8. The average Bonchev–Trinajstić information content (AvgIpc) is 3.23. The SMILES string of the molecule is CCOc1cc(/C=C2/C(=N)N3OC(C)=CC3=NC2=O)ccc1OCCCOc1ccccc1OC. The van der Waals surface area contributed by atoms with Crippen LogP contribution in [0.1, 0.15) is 25.8 Å². The molecular weight excluding hydrogens is 450 g/mol. The quantitative estimate of drug-likeness (QED) is 0.400. The van der Waals surface area contributed by atoms with Crippen LogP contribution in [0.25, 0.3) is 6.08 Å². The monoisotopic (exact) mass is 477 g/mol. The minimum Gasteiger partial charge on any atom is -0.493 e. The first-order chi connectivity index (χ1) is 17.0. The predicted octanol–water partition coefficient (Wildman–Crippen LogP) is 4.39. The Kier molecular flexibility index (Phi) is 7.35. The van der Waals surface area contributed by atoms with Gasteiger partial charge in [-0.25, -0.2) is 0 Å². The molecule has 182 valence electrons. The lowest BCUT2D eigenvalue weighted by atomic mass is 10.1. The molecule has 2 aliphatic heterocycles. The molecule has 0 spiro atoms. The number of fused-ring (bicyclic) bond motifs is 1. The molecule has 0 saturated heterocycles. The zero-order chi connectivity index (χ0) is 24.8. The minimum atomic E-state index is -0.496. The van der Waals surface area contributed by atoms with E-state index in [0.29, 0.717) is 66.4 Å². The van der Waals surface area contributed by atoms with E-state index in [1.165, 1.54) is 5.06 Å². The van der Waals surface area contributed by atoms with Crippen molar-refractivity contribution in [2.24, 2.45) is 4.99 Å². The number of rotatable bonds is 10. The van der Waals surface area contributed by atoms with Crippen molar-refractivity contribution in [1.82, 2.24) is 5.06 Å². The number of benzene rings is 2. The Labute approximate surface area is 203 Å². The largest absolute Gasteiger partial charge is 0.493 e. The van der Waals surface area contributed by atoms with Crippen LogP contribution in [0.3, 0.4) is 0 Å². The fraction of sp³-hybridized carbons (Fsp3) is 0.269. The fourth-order valence-corrected chi connectivity index (χ4v) is 3.53. The molecule has 2 aromatic rings. The Morgan fingerprint density at radius 2 is 1.74 bits per heavy atom. The lowest BCUT2D eigenvalue weighted by Crippen LogP contribution is -2.38. The molecule has 9 nitrogen and oxygen atoms in total. The third-order valence-corrected chi connectivity index (χ3v) is 5.13. The second-order valence-electron chi connectivity index (χ2n) is 7.66. The Bertz CT molecular complexity index is 1220. The second-order valence-corrected chi connectivity index (χ2v) is 7.66. The number of hydroxylamine groups is 2. The number of nitrogens with one attached hydrogen (secondary N) is 1. The molecule has 0 saturated carbocycles. The molecule has 1 N–H and O–H groups in total. The lowest BCUT2D eigenvalue weighted by molar-refractivity contribution is -0.114. The Balaban J connectivity index is 1.40. The van der Waals surface area contributed by atoms with Crippen LogP contribution < -0.4 is 18.9 Å². The normalized spacial score (nSPS) is 15.9. The van der Waals surface area contributed by atoms with Gasteiger partial charge in [0.1, 0.15) is 5.76 Å². The van der Waals surface area contributed by atoms with Gasteiger partial charge in [0.05, 0.1) is 32.5 Å². The first kappa shape index (κ1) is 23.9. The van der Waals surface area contributed by atoms with Gasteiger partial charge in [-0.1, -0.05) is 18.2 Å². The molecule has 4 rings (SSSR count). The summed E-state index contributed by atoms with van der Waals surface area (Å²) in [7, 11) is 1.61. The van der Waals surface area contributed by atoms with Crippen molar-refractivity contribution in [2.75, 3.05) is 26.9 Å². The highest BCUT2D eigenvalue weighted by atomic mass is 16.7. The molecule has 0 aliphatic carbocycles. The van der Waals surface area contributed by atoms with E-state index in [1.807, 2.05) is 31.2 Å². The number of amides is 1. The summed E-state index contributed by atoms with van der Waals surface area (Å²) in [5, 5.41) is 9.59. The zero-order valence-corrected chi connectivity index (χ0v) is 19.9. The number of ether oxygens (including phenoxy) is 4. The third-order valence-electron chi connectivity index (χ3n) is 5.13. The molecule has 1 amide bonds. The molecule has 35 heavy (non-hydrogen) atoms. The number of carbonyl (C=O) groups excluding carboxylic acids is 1. The maximum atomic E-state index is 12.5. The van der Waals surface area contributed by atoms with Crippen LogP contribution in [0, 0.1) is 5.41 Å². The van der Waals surface area contributed by atoms with Gasteiger partial charge in [0.2, 0.25) is 0 Å². The first-order valence-corrected chi connectivity index (χ1v) is 11.3. The van der Waals surface area contributed by atoms with Crippen molar-refractivity contribution in [1.29, 1.82) is 5.41 Å². The smallest absolute Gasteiger partial charge is 0.282 e. The molecule has 2 heterocycles. The van der Waals surface area contributed by atoms with Gasteiger partial charge in [0, 0.05) is 12.5 Å². The lowest BCUT2D eigenvalue weighted by Gasteiger charge is -2.23. The van der Waals surface area contributed by atoms with E-state index in [1.54, 1.807) is 44.4 Å². The summed E-state index contributed by atoms with van der Waals surface area (Å²) in [6.07, 6.45) is 3.87. The maximum absolute atomic E-state index is 12.5. The van der Waals surface area contributed by atoms with Crippen LogP contribution in [0.2, 0.25) is 0 Å². The number of aliphatic imine (C=N–C) groups is 1. The van der Waals surface area contributed by atoms with Crippen molar-refractivity contribution in [2.45, 2.75) is 20.3 Å². The summed E-state index contributed by atoms with van der Waals surface area (Å²) in [6, 6.07) is 12.8. The Morgan fingerprint density at radius 3 is 2.46 bits per heavy atom. The number of hydrogen-bond donors (Lipinski definition) is 1. The summed E-state index contributed by atoms with van der Waals surface area (Å²) >= 11 is 0. The third kappa shape index (κ3) is 5.46. The number of hydrogen-bond acceptors (Lipinski definition) is 7. The highest BCUT2D eigenvalue weighted by Crippen LogP contribution is 2.31. The van der Waals surface area contributed by atoms with E-state index in [0.717, 1.165) is 0 Å². The highest BCUT2D eigenvalue weighted by Gasteiger charge is 2.34. The standard InChI is InChI=1S/C26H27N3O6/c1-4-32-23-16-18(15-19-25(27)29-24(28-26(19)30)14-17(2)35-29)10-11-22(23)34-13-7-12-33-21-9-6-5-8-20(21)31-3/h5-6,8-11,14-16,27H,4,7,12-13H2,1-3H3/b19-15-,27-25?. The van der Waals surface area contributed by atoms with Crippen molar-refractivity contribution in [3.63, 3.8) is 0 Å². The van der Waals surface area contributed by atoms with Crippen LogP contribution in [-0.2, 0) is 9.63 Å². The summed E-state index contributed by atoms with van der Waals surface area (Å²) in [5.41, 5.74) is 0.803. The molecule has 0 unspecified atom stereocenters. The van der Waals surface area contributed by atoms with E-state index in [9.17, 15) is 4.79 Å². The number of allylic oxidation sites excluding steroid dienone is 1. The van der Waals surface area contributed by atoms with E-state index in [-0.39, 0.29) is 11.4 Å². The van der Waals surface area contributed by atoms with Gasteiger partial charge in [0.25, 0.3) is 5.91 Å². The van der Waals surface area contributed by atoms with Gasteiger partial charge in [-0.05, 0) is 49.8 Å². The van der Waals surface area contributed by atoms with E-state index in [2.05, 4.69) is 4.99 Å². The zero-order valence-electron chi connectivity index (χ0n) is 19.9. The molecule has 9 heteroatoms. The Hall–Kier alpha value is -4.27. The molecule has 0 radical (unpaired) electrons. The maximum Gasteiger partial charge on any atom is 0.282 e. The fourth-order valence-electron chi connectivity index (χ4n) is 3.53. The predicted molar refractivity (Wildman–Crippen MR) is 131 cm³/mol. The topological polar surface area (TPSA) is 103 Å². The van der Waals surface area contributed by atoms with E-state index < -0.39 is 5.91 Å². The molecule has 2 aromatic carbocycles. The molecule has 2 aliphatic rings. The highest BCUT2D eigenvalue weighted by molar-refractivity contribution is 6.32. The van der Waals surface area contributed by atoms with Crippen LogP contribution in [-0.4, -0.2) is 49.6 Å². The van der Waals surface area contributed by atoms with Crippen LogP contribution in [0.5, 0.6) is 23.0 Å². The first-order valence-electron chi connectivity index (χ1n) is 11.3. The Morgan fingerprint density at radius 1 is 1.03 bits per heavy atom. The van der Waals surface area contributed by atoms with E-state index >= 15 is 0 Å². The van der Waals surface area contributed by atoms with Crippen molar-refractivity contribution < 1.29 is 28.6 Å². The van der Waals surface area contributed by atoms with Crippen LogP contribution >= 0.6 is 0 Å². The van der Waals surface area contributed by atoms with Gasteiger partial charge < -0.3 is 23.8 Å².